The lowest BCUT2D eigenvalue weighted by molar-refractivity contribution is 0.304. The zero-order valence-electron chi connectivity index (χ0n) is 21.6. The summed E-state index contributed by atoms with van der Waals surface area (Å²) >= 11 is 0. The summed E-state index contributed by atoms with van der Waals surface area (Å²) in [5, 5.41) is 0. The Hall–Kier alpha value is -2.76. The van der Waals surface area contributed by atoms with Gasteiger partial charge in [0.25, 0.3) is 0 Å². The van der Waals surface area contributed by atoms with E-state index in [1.54, 1.807) is 0 Å². The van der Waals surface area contributed by atoms with Gasteiger partial charge in [0, 0.05) is 56.8 Å². The Morgan fingerprint density at radius 3 is 1.08 bits per heavy atom. The van der Waals surface area contributed by atoms with Crippen molar-refractivity contribution in [3.8, 4) is 0 Å². The molecule has 6 heteroatoms. The normalized spacial score (nSPS) is 15.6. The van der Waals surface area contributed by atoms with Crippen molar-refractivity contribution in [1.29, 1.82) is 0 Å². The molecule has 0 aromatic heterocycles. The molecule has 0 aliphatic carbocycles. The van der Waals surface area contributed by atoms with Crippen LogP contribution in [-0.4, -0.2) is 69.0 Å². The molecule has 0 radical (unpaired) electrons. The monoisotopic (exact) mass is 500 g/mol. The van der Waals surface area contributed by atoms with Gasteiger partial charge in [-0.3, -0.25) is 0 Å². The van der Waals surface area contributed by atoms with E-state index in [1.807, 2.05) is 18.6 Å². The lowest BCUT2D eigenvalue weighted by atomic mass is 10.1. The van der Waals surface area contributed by atoms with Crippen LogP contribution in [0.2, 0.25) is 0 Å². The van der Waals surface area contributed by atoms with E-state index in [9.17, 15) is 0 Å². The standard InChI is InChI=1S/C19H32N4.C9H16N2.2CH4/c1-3-20-14-16-22(18-20)12-10-8-6-5-7-9-11-13-23-17-15-21(4-2)19-23;1-3-5-6-11-8-7-10(4-2)9-11;;/h3-4,14-17H,1-2,5-13,18-19H2;4,7-8H,2-3,5-6,9H2,1H3;2*1H4. The molecular weight excluding hydrogens is 444 g/mol. The first kappa shape index (κ1) is 33.2. The van der Waals surface area contributed by atoms with Gasteiger partial charge in [0.2, 0.25) is 0 Å². The Labute approximate surface area is 224 Å². The van der Waals surface area contributed by atoms with Crippen LogP contribution in [0.1, 0.15) is 79.6 Å². The lowest BCUT2D eigenvalue weighted by Gasteiger charge is -2.18. The second-order valence-electron chi connectivity index (χ2n) is 9.17. The van der Waals surface area contributed by atoms with Crippen molar-refractivity contribution in [1.82, 2.24) is 29.4 Å². The fourth-order valence-electron chi connectivity index (χ4n) is 4.12. The average Bonchev–Trinajstić information content (AvgIpc) is 3.63. The van der Waals surface area contributed by atoms with Crippen LogP contribution in [0.15, 0.2) is 75.5 Å². The summed E-state index contributed by atoms with van der Waals surface area (Å²) in [4.78, 5) is 13.3. The van der Waals surface area contributed by atoms with Gasteiger partial charge >= 0.3 is 0 Å². The minimum absolute atomic E-state index is 0. The summed E-state index contributed by atoms with van der Waals surface area (Å²) in [7, 11) is 0. The van der Waals surface area contributed by atoms with Crippen LogP contribution < -0.4 is 0 Å². The molecule has 3 rings (SSSR count). The van der Waals surface area contributed by atoms with Crippen LogP contribution in [0, 0.1) is 0 Å². The first-order chi connectivity index (χ1) is 16.7. The van der Waals surface area contributed by atoms with Crippen molar-refractivity contribution in [3.63, 3.8) is 0 Å². The number of rotatable bonds is 16. The second-order valence-corrected chi connectivity index (χ2v) is 9.17. The van der Waals surface area contributed by atoms with E-state index in [4.69, 9.17) is 0 Å². The maximum atomic E-state index is 3.79. The summed E-state index contributed by atoms with van der Waals surface area (Å²) < 4.78 is 0. The SMILES string of the molecule is C.C.C=CN1C=CN(CCCC)C1.C=CN1C=CN(CCCCCCCCCN2C=CN(C=C)C2)C1. The van der Waals surface area contributed by atoms with E-state index >= 15 is 0 Å². The highest BCUT2D eigenvalue weighted by atomic mass is 15.3. The Morgan fingerprint density at radius 2 is 0.806 bits per heavy atom. The average molecular weight is 501 g/mol. The molecule has 0 atom stereocenters. The van der Waals surface area contributed by atoms with E-state index in [1.165, 1.54) is 70.9 Å². The number of hydrogen-bond acceptors (Lipinski definition) is 6. The smallest absolute Gasteiger partial charge is 0.0935 e. The summed E-state index contributed by atoms with van der Waals surface area (Å²) in [5.41, 5.74) is 0. The molecule has 0 unspecified atom stereocenters. The third-order valence-electron chi connectivity index (χ3n) is 6.33. The van der Waals surface area contributed by atoms with E-state index in [0.717, 1.165) is 26.6 Å². The Morgan fingerprint density at radius 1 is 0.500 bits per heavy atom. The predicted octanol–water partition coefficient (Wildman–Crippen LogP) is 7.35. The fraction of sp³-hybridized carbons (Fsp3) is 0.600. The van der Waals surface area contributed by atoms with Crippen molar-refractivity contribution in [2.75, 3.05) is 39.6 Å². The van der Waals surface area contributed by atoms with Gasteiger partial charge in [-0.25, -0.2) is 0 Å². The molecule has 0 saturated heterocycles. The number of nitrogens with zero attached hydrogens (tertiary/aromatic N) is 6. The molecule has 206 valence electrons. The molecule has 0 fully saturated rings. The maximum Gasteiger partial charge on any atom is 0.0935 e. The molecule has 0 N–H and O–H groups in total. The zero-order chi connectivity index (χ0) is 24.4. The van der Waals surface area contributed by atoms with E-state index < -0.39 is 0 Å². The molecule has 3 aliphatic rings. The minimum Gasteiger partial charge on any atom is -0.358 e. The summed E-state index contributed by atoms with van der Waals surface area (Å²) in [6.45, 7) is 19.9. The van der Waals surface area contributed by atoms with Crippen LogP contribution in [-0.2, 0) is 0 Å². The summed E-state index contributed by atoms with van der Waals surface area (Å²) in [5.74, 6) is 0. The largest absolute Gasteiger partial charge is 0.358 e. The van der Waals surface area contributed by atoms with Crippen LogP contribution in [0.5, 0.6) is 0 Å². The van der Waals surface area contributed by atoms with Crippen LogP contribution in [0.25, 0.3) is 0 Å². The van der Waals surface area contributed by atoms with Gasteiger partial charge in [-0.1, -0.05) is 80.0 Å². The number of unbranched alkanes of at least 4 members (excludes halogenated alkanes) is 7. The first-order valence-corrected chi connectivity index (χ1v) is 13.1. The molecule has 3 aliphatic heterocycles. The van der Waals surface area contributed by atoms with Crippen molar-refractivity contribution in [3.05, 3.63) is 75.5 Å². The highest BCUT2D eigenvalue weighted by Crippen LogP contribution is 2.13. The topological polar surface area (TPSA) is 19.4 Å². The van der Waals surface area contributed by atoms with Gasteiger partial charge in [0.15, 0.2) is 0 Å². The predicted molar refractivity (Wildman–Crippen MR) is 159 cm³/mol. The van der Waals surface area contributed by atoms with Crippen molar-refractivity contribution >= 4 is 0 Å². The van der Waals surface area contributed by atoms with Crippen molar-refractivity contribution < 1.29 is 0 Å². The van der Waals surface area contributed by atoms with Gasteiger partial charge in [0.05, 0.1) is 20.0 Å². The Balaban J connectivity index is 0.000000800. The number of hydrogen-bond donors (Lipinski definition) is 0. The van der Waals surface area contributed by atoms with Gasteiger partial charge in [-0.2, -0.15) is 0 Å². The molecule has 0 bridgehead atoms. The molecule has 6 nitrogen and oxygen atoms in total. The second kappa shape index (κ2) is 20.4. The van der Waals surface area contributed by atoms with Crippen LogP contribution >= 0.6 is 0 Å². The van der Waals surface area contributed by atoms with Crippen LogP contribution in [0.3, 0.4) is 0 Å². The Bertz CT molecular complexity index is 632. The quantitative estimate of drug-likeness (QED) is 0.205. The van der Waals surface area contributed by atoms with E-state index in [2.05, 4.69) is 93.3 Å². The molecule has 0 saturated carbocycles. The van der Waals surface area contributed by atoms with Gasteiger partial charge < -0.3 is 29.4 Å². The lowest BCUT2D eigenvalue weighted by Crippen LogP contribution is -2.22. The van der Waals surface area contributed by atoms with Gasteiger partial charge in [-0.05, 0) is 37.9 Å². The molecule has 0 aromatic carbocycles. The maximum absolute atomic E-state index is 3.79. The molecule has 0 aromatic rings. The molecule has 0 spiro atoms. The molecular formula is C30H56N6. The van der Waals surface area contributed by atoms with E-state index in [-0.39, 0.29) is 14.9 Å². The zero-order valence-corrected chi connectivity index (χ0v) is 21.6. The molecule has 3 heterocycles. The Kier molecular flexibility index (Phi) is 18.9. The van der Waals surface area contributed by atoms with E-state index in [0.29, 0.717) is 0 Å². The van der Waals surface area contributed by atoms with Gasteiger partial charge in [-0.15, -0.1) is 0 Å². The minimum atomic E-state index is 0. The third kappa shape index (κ3) is 13.4. The highest BCUT2D eigenvalue weighted by molar-refractivity contribution is 4.96. The van der Waals surface area contributed by atoms with Gasteiger partial charge in [0.1, 0.15) is 0 Å². The fourth-order valence-corrected chi connectivity index (χ4v) is 4.12. The summed E-state index contributed by atoms with van der Waals surface area (Å²) in [6, 6.07) is 0. The van der Waals surface area contributed by atoms with Crippen molar-refractivity contribution in [2.24, 2.45) is 0 Å². The van der Waals surface area contributed by atoms with Crippen molar-refractivity contribution in [2.45, 2.75) is 79.6 Å². The first-order valence-electron chi connectivity index (χ1n) is 13.1. The summed E-state index contributed by atoms with van der Waals surface area (Å²) in [6.07, 6.45) is 30.3. The van der Waals surface area contributed by atoms with Crippen LogP contribution in [0.4, 0.5) is 0 Å². The third-order valence-corrected chi connectivity index (χ3v) is 6.33. The molecule has 36 heavy (non-hydrogen) atoms. The molecule has 0 amide bonds. The highest BCUT2D eigenvalue weighted by Gasteiger charge is 2.09.